The van der Waals surface area contributed by atoms with Crippen molar-refractivity contribution >= 4 is 11.4 Å². The largest absolute Gasteiger partial charge is 2.00 e. The van der Waals surface area contributed by atoms with Gasteiger partial charge in [0, 0.05) is 0 Å². The van der Waals surface area contributed by atoms with Gasteiger partial charge in [-0.3, -0.25) is 0 Å². The molecule has 0 bridgehead atoms. The van der Waals surface area contributed by atoms with E-state index in [1.54, 1.807) is 0 Å². The third kappa shape index (κ3) is 6.03. The third-order valence-corrected chi connectivity index (χ3v) is 0.524. The predicted octanol–water partition coefficient (Wildman–Crippen LogP) is 1.04. The van der Waals surface area contributed by atoms with Crippen LogP contribution in [0.25, 0.3) is 10.8 Å². The van der Waals surface area contributed by atoms with Crippen molar-refractivity contribution in [3.8, 4) is 0 Å². The molecule has 0 rings (SSSR count). The molecule has 0 radical (unpaired) electrons. The number of rotatable bonds is 1. The smallest absolute Gasteiger partial charge is 0.809 e. The van der Waals surface area contributed by atoms with Gasteiger partial charge in [-0.15, -0.1) is 0 Å². The SMILES string of the molecule is CC(=[N-])C(C)=[N-].[W+2]. The summed E-state index contributed by atoms with van der Waals surface area (Å²) in [5.74, 6) is 0. The molecule has 0 heterocycles. The van der Waals surface area contributed by atoms with Crippen molar-refractivity contribution in [2.24, 2.45) is 0 Å². The Morgan fingerprint density at radius 2 is 1.14 bits per heavy atom. The molecule has 0 fully saturated rings. The first-order chi connectivity index (χ1) is 2.64. The first kappa shape index (κ1) is 10.1. The van der Waals surface area contributed by atoms with Crippen LogP contribution in [0.5, 0.6) is 0 Å². The van der Waals surface area contributed by atoms with Gasteiger partial charge in [-0.25, -0.2) is 11.4 Å². The Bertz CT molecular complexity index is 75.7. The number of nitrogens with zero attached hydrogens (tertiary/aromatic N) is 2. The van der Waals surface area contributed by atoms with E-state index >= 15 is 0 Å². The molecular weight excluding hydrogens is 260 g/mol. The third-order valence-electron chi connectivity index (χ3n) is 0.524. The Morgan fingerprint density at radius 1 is 1.00 bits per heavy atom. The summed E-state index contributed by atoms with van der Waals surface area (Å²) in [7, 11) is 0. The summed E-state index contributed by atoms with van der Waals surface area (Å²) in [5, 5.41) is 16.5. The Labute approximate surface area is 57.6 Å². The van der Waals surface area contributed by atoms with E-state index in [2.05, 4.69) is 0 Å². The summed E-state index contributed by atoms with van der Waals surface area (Å²) in [6.07, 6.45) is 0. The van der Waals surface area contributed by atoms with Gasteiger partial charge in [0.25, 0.3) is 0 Å². The Hall–Kier alpha value is 0.0283. The fourth-order valence-electron chi connectivity index (χ4n) is 0. The summed E-state index contributed by atoms with van der Waals surface area (Å²) in [4.78, 5) is 0. The minimum Gasteiger partial charge on any atom is -0.809 e. The molecule has 0 aliphatic rings. The fourth-order valence-corrected chi connectivity index (χ4v) is 0. The van der Waals surface area contributed by atoms with Gasteiger partial charge in [-0.1, -0.05) is 13.8 Å². The van der Waals surface area contributed by atoms with Crippen LogP contribution in [0.15, 0.2) is 0 Å². The maximum atomic E-state index is 8.26. The average Bonchev–Trinajstić information content (AvgIpc) is 1.36. The van der Waals surface area contributed by atoms with Crippen molar-refractivity contribution in [3.05, 3.63) is 10.8 Å². The Balaban J connectivity index is 0. The first-order valence-electron chi connectivity index (χ1n) is 1.70. The molecule has 0 saturated heterocycles. The van der Waals surface area contributed by atoms with Crippen LogP contribution in [-0.2, 0) is 21.1 Å². The second-order valence-corrected chi connectivity index (χ2v) is 1.17. The van der Waals surface area contributed by atoms with E-state index in [4.69, 9.17) is 10.8 Å². The summed E-state index contributed by atoms with van der Waals surface area (Å²) in [6.45, 7) is 2.85. The fraction of sp³-hybridized carbons (Fsp3) is 0.500. The van der Waals surface area contributed by atoms with Crippen molar-refractivity contribution in [1.29, 1.82) is 0 Å². The van der Waals surface area contributed by atoms with Crippen LogP contribution in [0.4, 0.5) is 0 Å². The van der Waals surface area contributed by atoms with Crippen molar-refractivity contribution < 1.29 is 21.1 Å². The molecule has 0 atom stereocenters. The minimum absolute atomic E-state index is 0. The molecular formula is C4H6N2W. The summed E-state index contributed by atoms with van der Waals surface area (Å²) in [6, 6.07) is 0. The van der Waals surface area contributed by atoms with Crippen LogP contribution in [0.2, 0.25) is 0 Å². The summed E-state index contributed by atoms with van der Waals surface area (Å²) < 4.78 is 0. The van der Waals surface area contributed by atoms with Gasteiger partial charge >= 0.3 is 21.1 Å². The van der Waals surface area contributed by atoms with E-state index in [1.807, 2.05) is 0 Å². The molecule has 0 unspecified atom stereocenters. The van der Waals surface area contributed by atoms with Crippen LogP contribution in [-0.4, -0.2) is 11.4 Å². The molecule has 2 nitrogen and oxygen atoms in total. The molecule has 0 aromatic rings. The zero-order valence-corrected chi connectivity index (χ0v) is 7.24. The van der Waals surface area contributed by atoms with E-state index in [1.165, 1.54) is 13.8 Å². The zero-order valence-electron chi connectivity index (χ0n) is 4.30. The molecule has 0 N–H and O–H groups in total. The topological polar surface area (TPSA) is 44.6 Å². The van der Waals surface area contributed by atoms with Crippen LogP contribution in [0.3, 0.4) is 0 Å². The van der Waals surface area contributed by atoms with Crippen molar-refractivity contribution in [1.82, 2.24) is 0 Å². The van der Waals surface area contributed by atoms with Gasteiger partial charge in [0.1, 0.15) is 0 Å². The van der Waals surface area contributed by atoms with E-state index in [-0.39, 0.29) is 32.5 Å². The Morgan fingerprint density at radius 3 is 1.14 bits per heavy atom. The van der Waals surface area contributed by atoms with Gasteiger partial charge in [0.2, 0.25) is 0 Å². The van der Waals surface area contributed by atoms with Crippen molar-refractivity contribution in [2.45, 2.75) is 13.8 Å². The molecule has 0 aliphatic carbocycles. The number of hydrogen-bond donors (Lipinski definition) is 0. The van der Waals surface area contributed by atoms with Crippen LogP contribution in [0, 0.1) is 0 Å². The van der Waals surface area contributed by atoms with Gasteiger partial charge in [0.05, 0.1) is 0 Å². The maximum absolute atomic E-state index is 8.26. The van der Waals surface area contributed by atoms with Crippen LogP contribution < -0.4 is 0 Å². The predicted molar refractivity (Wildman–Crippen MR) is 28.1 cm³/mol. The van der Waals surface area contributed by atoms with Gasteiger partial charge < -0.3 is 10.8 Å². The van der Waals surface area contributed by atoms with E-state index in [0.29, 0.717) is 0 Å². The normalized spacial score (nSPS) is 6.57. The Kier molecular flexibility index (Phi) is 6.05. The molecule has 0 saturated carbocycles. The standard InChI is InChI=1S/C4H6N2.W/c1-3(5)4(2)6;/h1-2H3;/q-2;+2. The van der Waals surface area contributed by atoms with Gasteiger partial charge in [0.15, 0.2) is 0 Å². The quantitative estimate of drug-likeness (QED) is 0.637. The second kappa shape index (κ2) is 4.19. The van der Waals surface area contributed by atoms with Crippen molar-refractivity contribution in [3.63, 3.8) is 0 Å². The monoisotopic (exact) mass is 266 g/mol. The van der Waals surface area contributed by atoms with E-state index in [0.717, 1.165) is 0 Å². The first-order valence-corrected chi connectivity index (χ1v) is 1.70. The molecule has 0 aromatic carbocycles. The molecule has 0 amide bonds. The second-order valence-electron chi connectivity index (χ2n) is 1.17. The zero-order chi connectivity index (χ0) is 5.15. The summed E-state index contributed by atoms with van der Waals surface area (Å²) >= 11 is 0. The minimum atomic E-state index is -0.0185. The molecule has 0 aromatic heterocycles. The van der Waals surface area contributed by atoms with Gasteiger partial charge in [-0.05, 0) is 0 Å². The molecule has 7 heavy (non-hydrogen) atoms. The van der Waals surface area contributed by atoms with Crippen LogP contribution >= 0.6 is 0 Å². The number of hydrogen-bond acceptors (Lipinski definition) is 0. The molecule has 38 valence electrons. The van der Waals surface area contributed by atoms with E-state index in [9.17, 15) is 0 Å². The van der Waals surface area contributed by atoms with Crippen molar-refractivity contribution in [2.75, 3.05) is 0 Å². The molecule has 3 heteroatoms. The maximum Gasteiger partial charge on any atom is 2.00 e. The molecule has 0 aliphatic heterocycles. The van der Waals surface area contributed by atoms with Crippen LogP contribution in [0.1, 0.15) is 13.8 Å². The molecule has 0 spiro atoms. The summed E-state index contributed by atoms with van der Waals surface area (Å²) in [5.41, 5.74) is -0.0370. The average molecular weight is 266 g/mol. The van der Waals surface area contributed by atoms with E-state index < -0.39 is 0 Å². The van der Waals surface area contributed by atoms with Gasteiger partial charge in [-0.2, -0.15) is 0 Å².